The Morgan fingerprint density at radius 2 is 1.59 bits per heavy atom. The Morgan fingerprint density at radius 3 is 2.24 bits per heavy atom. The molecule has 2 aliphatic heterocycles. The highest BCUT2D eigenvalue weighted by molar-refractivity contribution is 5.96. The molecule has 2 heterocycles. The molecule has 0 bridgehead atoms. The summed E-state index contributed by atoms with van der Waals surface area (Å²) in [5.41, 5.74) is 1.44. The number of likely N-dealkylation sites (tertiary alicyclic amines) is 2. The Hall–Kier alpha value is -2.76. The number of hydrogen-bond acceptors (Lipinski definition) is 2. The molecule has 0 aromatic heterocycles. The molecule has 0 aliphatic carbocycles. The van der Waals surface area contributed by atoms with E-state index in [9.17, 15) is 18.4 Å². The third-order valence-corrected chi connectivity index (χ3v) is 5.98. The number of benzene rings is 2. The van der Waals surface area contributed by atoms with Crippen LogP contribution in [0.15, 0.2) is 48.5 Å². The largest absolute Gasteiger partial charge is 0.342 e. The fourth-order valence-corrected chi connectivity index (χ4v) is 4.18. The summed E-state index contributed by atoms with van der Waals surface area (Å²) >= 11 is 0. The molecule has 0 saturated carbocycles. The fraction of sp³-hybridized carbons (Fsp3) is 0.391. The molecule has 6 heteroatoms. The number of hydrogen-bond donors (Lipinski definition) is 0. The number of piperidine rings is 1. The Labute approximate surface area is 169 Å². The molecule has 0 N–H and O–H groups in total. The van der Waals surface area contributed by atoms with Crippen molar-refractivity contribution in [3.8, 4) is 0 Å². The average molecular weight is 398 g/mol. The van der Waals surface area contributed by atoms with E-state index in [0.29, 0.717) is 19.0 Å². The van der Waals surface area contributed by atoms with Gasteiger partial charge >= 0.3 is 0 Å². The Morgan fingerprint density at radius 1 is 0.897 bits per heavy atom. The number of rotatable bonds is 4. The van der Waals surface area contributed by atoms with E-state index in [1.165, 1.54) is 16.5 Å². The van der Waals surface area contributed by atoms with Crippen LogP contribution >= 0.6 is 0 Å². The van der Waals surface area contributed by atoms with E-state index >= 15 is 0 Å². The smallest absolute Gasteiger partial charge is 0.254 e. The molecule has 2 aliphatic rings. The first-order valence-electron chi connectivity index (χ1n) is 10.1. The zero-order valence-corrected chi connectivity index (χ0v) is 16.2. The van der Waals surface area contributed by atoms with Gasteiger partial charge in [0.1, 0.15) is 0 Å². The number of carbonyl (C=O) groups is 2. The monoisotopic (exact) mass is 398 g/mol. The van der Waals surface area contributed by atoms with Crippen molar-refractivity contribution in [1.29, 1.82) is 0 Å². The highest BCUT2D eigenvalue weighted by atomic mass is 19.2. The zero-order chi connectivity index (χ0) is 20.4. The minimum Gasteiger partial charge on any atom is -0.342 e. The summed E-state index contributed by atoms with van der Waals surface area (Å²) in [5.74, 6) is -1.90. The van der Waals surface area contributed by atoms with E-state index in [2.05, 4.69) is 24.3 Å². The van der Waals surface area contributed by atoms with E-state index in [1.54, 1.807) is 0 Å². The first-order chi connectivity index (χ1) is 14.0. The number of carbonyl (C=O) groups excluding carboxylic acids is 2. The second-order valence-corrected chi connectivity index (χ2v) is 7.99. The standard InChI is InChI=1S/C23H24F2N2O2/c24-20-7-6-18(13-21(20)25)22(28)27-14-19(15-27)23(29)26-10-8-17(9-11-26)12-16-4-2-1-3-5-16/h1-7,13,17,19H,8-12,14-15H2. The number of halogens is 2. The van der Waals surface area contributed by atoms with Crippen molar-refractivity contribution in [2.45, 2.75) is 19.3 Å². The Kier molecular flexibility index (Phi) is 5.60. The highest BCUT2D eigenvalue weighted by Crippen LogP contribution is 2.26. The molecule has 2 aromatic carbocycles. The van der Waals surface area contributed by atoms with Crippen molar-refractivity contribution in [1.82, 2.24) is 9.80 Å². The second kappa shape index (κ2) is 8.31. The lowest BCUT2D eigenvalue weighted by Crippen LogP contribution is -2.57. The summed E-state index contributed by atoms with van der Waals surface area (Å²) in [6.45, 7) is 2.18. The summed E-state index contributed by atoms with van der Waals surface area (Å²) in [6.07, 6.45) is 3.03. The van der Waals surface area contributed by atoms with Crippen LogP contribution in [-0.2, 0) is 11.2 Å². The van der Waals surface area contributed by atoms with Gasteiger partial charge in [-0.3, -0.25) is 9.59 Å². The van der Waals surface area contributed by atoms with E-state index < -0.39 is 11.6 Å². The van der Waals surface area contributed by atoms with Crippen LogP contribution in [0, 0.1) is 23.5 Å². The third kappa shape index (κ3) is 4.31. The lowest BCUT2D eigenvalue weighted by atomic mass is 9.89. The summed E-state index contributed by atoms with van der Waals surface area (Å²) in [7, 11) is 0. The zero-order valence-electron chi connectivity index (χ0n) is 16.2. The van der Waals surface area contributed by atoms with Gasteiger partial charge in [0, 0.05) is 31.7 Å². The predicted octanol–water partition coefficient (Wildman–Crippen LogP) is 3.52. The normalized spacial score (nSPS) is 17.9. The van der Waals surface area contributed by atoms with Gasteiger partial charge in [-0.2, -0.15) is 0 Å². The third-order valence-electron chi connectivity index (χ3n) is 5.98. The molecule has 2 aromatic rings. The van der Waals surface area contributed by atoms with Crippen molar-refractivity contribution < 1.29 is 18.4 Å². The molecular formula is C23H24F2N2O2. The Bertz CT molecular complexity index is 889. The molecule has 2 amide bonds. The highest BCUT2D eigenvalue weighted by Gasteiger charge is 2.39. The first-order valence-corrected chi connectivity index (χ1v) is 10.1. The molecule has 0 spiro atoms. The second-order valence-electron chi connectivity index (χ2n) is 7.99. The van der Waals surface area contributed by atoms with Crippen molar-refractivity contribution in [2.75, 3.05) is 26.2 Å². The molecule has 2 saturated heterocycles. The SMILES string of the molecule is O=C(c1ccc(F)c(F)c1)N1CC(C(=O)N2CCC(Cc3ccccc3)CC2)C1. The molecule has 0 unspecified atom stereocenters. The van der Waals surface area contributed by atoms with E-state index in [1.807, 2.05) is 11.0 Å². The van der Waals surface area contributed by atoms with Crippen molar-refractivity contribution >= 4 is 11.8 Å². The van der Waals surface area contributed by atoms with E-state index in [4.69, 9.17) is 0 Å². The number of nitrogens with zero attached hydrogens (tertiary/aromatic N) is 2. The minimum atomic E-state index is -1.04. The van der Waals surface area contributed by atoms with Gasteiger partial charge in [-0.25, -0.2) is 8.78 Å². The van der Waals surface area contributed by atoms with Gasteiger partial charge in [-0.05, 0) is 48.9 Å². The van der Waals surface area contributed by atoms with Crippen molar-refractivity contribution in [3.05, 3.63) is 71.3 Å². The van der Waals surface area contributed by atoms with Gasteiger partial charge in [0.05, 0.1) is 5.92 Å². The average Bonchev–Trinajstić information content (AvgIpc) is 2.70. The summed E-state index contributed by atoms with van der Waals surface area (Å²) < 4.78 is 26.4. The maximum absolute atomic E-state index is 13.3. The van der Waals surface area contributed by atoms with Crippen LogP contribution in [0.2, 0.25) is 0 Å². The van der Waals surface area contributed by atoms with Crippen LogP contribution in [0.3, 0.4) is 0 Å². The van der Waals surface area contributed by atoms with Crippen LogP contribution in [0.1, 0.15) is 28.8 Å². The lowest BCUT2D eigenvalue weighted by molar-refractivity contribution is -0.141. The maximum atomic E-state index is 13.3. The van der Waals surface area contributed by atoms with Gasteiger partial charge in [-0.1, -0.05) is 30.3 Å². The van der Waals surface area contributed by atoms with Crippen molar-refractivity contribution in [2.24, 2.45) is 11.8 Å². The molecular weight excluding hydrogens is 374 g/mol. The van der Waals surface area contributed by atoms with Gasteiger partial charge in [0.25, 0.3) is 5.91 Å². The Balaban J connectivity index is 1.24. The molecule has 4 rings (SSSR count). The molecule has 29 heavy (non-hydrogen) atoms. The van der Waals surface area contributed by atoms with E-state index in [-0.39, 0.29) is 23.3 Å². The topological polar surface area (TPSA) is 40.6 Å². The van der Waals surface area contributed by atoms with Gasteiger partial charge in [0.2, 0.25) is 5.91 Å². The van der Waals surface area contributed by atoms with Gasteiger partial charge < -0.3 is 9.80 Å². The van der Waals surface area contributed by atoms with Gasteiger partial charge in [-0.15, -0.1) is 0 Å². The van der Waals surface area contributed by atoms with Crippen LogP contribution in [0.4, 0.5) is 8.78 Å². The summed E-state index contributed by atoms with van der Waals surface area (Å²) in [5, 5.41) is 0. The van der Waals surface area contributed by atoms with E-state index in [0.717, 1.165) is 44.5 Å². The van der Waals surface area contributed by atoms with Gasteiger partial charge in [0.15, 0.2) is 11.6 Å². The van der Waals surface area contributed by atoms with Crippen LogP contribution < -0.4 is 0 Å². The predicted molar refractivity (Wildman–Crippen MR) is 105 cm³/mol. The molecule has 4 nitrogen and oxygen atoms in total. The van der Waals surface area contributed by atoms with Crippen LogP contribution in [0.25, 0.3) is 0 Å². The molecule has 2 fully saturated rings. The fourth-order valence-electron chi connectivity index (χ4n) is 4.18. The van der Waals surface area contributed by atoms with Crippen molar-refractivity contribution in [3.63, 3.8) is 0 Å². The number of amides is 2. The minimum absolute atomic E-state index is 0.0949. The lowest BCUT2D eigenvalue weighted by Gasteiger charge is -2.42. The maximum Gasteiger partial charge on any atom is 0.254 e. The summed E-state index contributed by atoms with van der Waals surface area (Å²) in [4.78, 5) is 28.5. The first kappa shape index (κ1) is 19.6. The molecule has 0 atom stereocenters. The molecule has 0 radical (unpaired) electrons. The summed E-state index contributed by atoms with van der Waals surface area (Å²) in [6, 6.07) is 13.5. The van der Waals surface area contributed by atoms with Crippen LogP contribution in [0.5, 0.6) is 0 Å². The quantitative estimate of drug-likeness (QED) is 0.791. The molecule has 152 valence electrons. The van der Waals surface area contributed by atoms with Crippen LogP contribution in [-0.4, -0.2) is 47.8 Å².